The first-order chi connectivity index (χ1) is 22.6. The number of ether oxygens (including phenoxy) is 1. The van der Waals surface area contributed by atoms with Crippen LogP contribution in [0.3, 0.4) is 0 Å². The van der Waals surface area contributed by atoms with Crippen LogP contribution in [0.5, 0.6) is 0 Å². The summed E-state index contributed by atoms with van der Waals surface area (Å²) in [6, 6.07) is 0. The number of unbranched alkanes of at least 4 members (excludes halogenated alkanes) is 29. The molecule has 0 radical (unpaired) electrons. The second-order valence-electron chi connectivity index (χ2n) is 14.3. The number of ketones is 2. The van der Waals surface area contributed by atoms with Gasteiger partial charge in [0, 0.05) is 6.42 Å². The van der Waals surface area contributed by atoms with E-state index in [-0.39, 0.29) is 12.2 Å². The zero-order chi connectivity index (χ0) is 33.8. The van der Waals surface area contributed by atoms with E-state index in [1.165, 1.54) is 141 Å². The van der Waals surface area contributed by atoms with Gasteiger partial charge < -0.3 is 4.74 Å². The van der Waals surface area contributed by atoms with Crippen molar-refractivity contribution in [2.45, 2.75) is 239 Å². The minimum absolute atomic E-state index is 0.274. The van der Waals surface area contributed by atoms with Gasteiger partial charge in [-0.25, -0.2) is 0 Å². The Morgan fingerprint density at radius 1 is 0.391 bits per heavy atom. The molecule has 0 aromatic heterocycles. The normalized spacial score (nSPS) is 12.0. The van der Waals surface area contributed by atoms with Crippen LogP contribution < -0.4 is 0 Å². The second kappa shape index (κ2) is 36.6. The molecule has 0 N–H and O–H groups in total. The molecular formula is C42H80O4. The summed E-state index contributed by atoms with van der Waals surface area (Å²) in [6.07, 6.45) is 40.2. The molecule has 0 aromatic rings. The first kappa shape index (κ1) is 44.8. The van der Waals surface area contributed by atoms with Crippen molar-refractivity contribution in [1.29, 1.82) is 0 Å². The highest BCUT2D eigenvalue weighted by Crippen LogP contribution is 2.19. The monoisotopic (exact) mass is 649 g/mol. The first-order valence-corrected chi connectivity index (χ1v) is 20.8. The molecule has 4 nitrogen and oxygen atoms in total. The van der Waals surface area contributed by atoms with Crippen LogP contribution >= 0.6 is 0 Å². The van der Waals surface area contributed by atoms with E-state index >= 15 is 0 Å². The van der Waals surface area contributed by atoms with E-state index < -0.39 is 17.7 Å². The third kappa shape index (κ3) is 30.2. The van der Waals surface area contributed by atoms with Gasteiger partial charge in [-0.05, 0) is 19.3 Å². The molecule has 0 amide bonds. The first-order valence-electron chi connectivity index (χ1n) is 20.8. The molecule has 0 bridgehead atoms. The van der Waals surface area contributed by atoms with E-state index in [9.17, 15) is 14.4 Å². The van der Waals surface area contributed by atoms with Crippen molar-refractivity contribution in [2.75, 3.05) is 6.61 Å². The van der Waals surface area contributed by atoms with Crippen molar-refractivity contribution in [2.24, 2.45) is 5.92 Å². The van der Waals surface area contributed by atoms with Gasteiger partial charge in [0.25, 0.3) is 0 Å². The molecule has 4 heteroatoms. The Morgan fingerprint density at radius 2 is 0.696 bits per heavy atom. The molecule has 46 heavy (non-hydrogen) atoms. The van der Waals surface area contributed by atoms with Gasteiger partial charge in [-0.3, -0.25) is 14.4 Å². The molecule has 1 unspecified atom stereocenters. The maximum Gasteiger partial charge on any atom is 0.316 e. The number of hydrogen-bond acceptors (Lipinski definition) is 4. The fraction of sp³-hybridized carbons (Fsp3) is 0.929. The molecule has 1 atom stereocenters. The molecule has 0 spiro atoms. The number of rotatable bonds is 38. The topological polar surface area (TPSA) is 60.4 Å². The van der Waals surface area contributed by atoms with E-state index in [0.29, 0.717) is 13.0 Å². The molecular weight excluding hydrogens is 568 g/mol. The van der Waals surface area contributed by atoms with Crippen molar-refractivity contribution in [1.82, 2.24) is 0 Å². The summed E-state index contributed by atoms with van der Waals surface area (Å²) in [4.78, 5) is 38.8. The lowest BCUT2D eigenvalue weighted by molar-refractivity contribution is -0.155. The zero-order valence-corrected chi connectivity index (χ0v) is 31.5. The molecule has 0 saturated carbocycles. The van der Waals surface area contributed by atoms with Crippen LogP contribution in [-0.2, 0) is 19.1 Å². The van der Waals surface area contributed by atoms with E-state index in [1.807, 2.05) is 0 Å². The van der Waals surface area contributed by atoms with Crippen molar-refractivity contribution >= 4 is 17.5 Å². The fourth-order valence-corrected chi connectivity index (χ4v) is 6.50. The van der Waals surface area contributed by atoms with Crippen LogP contribution in [0, 0.1) is 5.92 Å². The van der Waals surface area contributed by atoms with Gasteiger partial charge in [-0.1, -0.05) is 213 Å². The van der Waals surface area contributed by atoms with E-state index in [4.69, 9.17) is 4.74 Å². The highest BCUT2D eigenvalue weighted by Gasteiger charge is 2.31. The maximum absolute atomic E-state index is 13.1. The Hall–Kier alpha value is -1.19. The summed E-state index contributed by atoms with van der Waals surface area (Å²) in [7, 11) is 0. The van der Waals surface area contributed by atoms with Gasteiger partial charge >= 0.3 is 5.97 Å². The molecule has 0 aliphatic carbocycles. The van der Waals surface area contributed by atoms with Crippen LogP contribution in [-0.4, -0.2) is 24.1 Å². The quantitative estimate of drug-likeness (QED) is 0.0289. The summed E-state index contributed by atoms with van der Waals surface area (Å²) in [5.41, 5.74) is 0. The van der Waals surface area contributed by atoms with Gasteiger partial charge in [0.15, 0.2) is 5.78 Å². The van der Waals surface area contributed by atoms with Gasteiger partial charge in [0.1, 0.15) is 5.92 Å². The van der Waals surface area contributed by atoms with Gasteiger partial charge in [-0.2, -0.15) is 0 Å². The average molecular weight is 649 g/mol. The Morgan fingerprint density at radius 3 is 1.07 bits per heavy atom. The maximum atomic E-state index is 13.1. The molecule has 0 aliphatic heterocycles. The minimum atomic E-state index is -0.900. The Bertz CT molecular complexity index is 673. The lowest BCUT2D eigenvalue weighted by atomic mass is 9.92. The highest BCUT2D eigenvalue weighted by molar-refractivity contribution is 6.41. The van der Waals surface area contributed by atoms with Crippen LogP contribution in [0.15, 0.2) is 0 Å². The number of carbonyl (C=O) groups excluding carboxylic acids is 3. The van der Waals surface area contributed by atoms with Crippen molar-refractivity contribution in [3.63, 3.8) is 0 Å². The molecule has 0 aromatic carbocycles. The number of Topliss-reactive ketones (excluding diaryl/α,β-unsaturated/α-hetero) is 2. The Kier molecular flexibility index (Phi) is 35.7. The van der Waals surface area contributed by atoms with E-state index in [1.54, 1.807) is 0 Å². The summed E-state index contributed by atoms with van der Waals surface area (Å²) in [6.45, 7) is 7.05. The number of hydrogen-bond donors (Lipinski definition) is 0. The standard InChI is InChI=1S/C42H80O4/c1-4-7-10-13-15-17-19-21-23-25-27-29-31-33-36-39(42(45)46-38-35-12-9-6-3)41(44)40(43)37-34-32-30-28-26-24-22-20-18-16-14-11-8-5-2/h39H,4-38H2,1-3H3. The minimum Gasteiger partial charge on any atom is -0.465 e. The molecule has 272 valence electrons. The van der Waals surface area contributed by atoms with Crippen LogP contribution in [0.25, 0.3) is 0 Å². The van der Waals surface area contributed by atoms with Gasteiger partial charge in [0.05, 0.1) is 6.61 Å². The average Bonchev–Trinajstić information content (AvgIpc) is 3.06. The number of carbonyl (C=O) groups is 3. The Balaban J connectivity index is 4.18. The van der Waals surface area contributed by atoms with E-state index in [0.717, 1.165) is 64.2 Å². The summed E-state index contributed by atoms with van der Waals surface area (Å²) >= 11 is 0. The smallest absolute Gasteiger partial charge is 0.316 e. The lowest BCUT2D eigenvalue weighted by Crippen LogP contribution is -2.32. The lowest BCUT2D eigenvalue weighted by Gasteiger charge is -2.15. The molecule has 0 saturated heterocycles. The summed E-state index contributed by atoms with van der Waals surface area (Å²) < 4.78 is 5.51. The Labute approximate surface area is 287 Å². The fourth-order valence-electron chi connectivity index (χ4n) is 6.50. The predicted octanol–water partition coefficient (Wildman–Crippen LogP) is 13.6. The summed E-state index contributed by atoms with van der Waals surface area (Å²) in [5, 5.41) is 0. The predicted molar refractivity (Wildman–Crippen MR) is 198 cm³/mol. The van der Waals surface area contributed by atoms with Crippen LogP contribution in [0.4, 0.5) is 0 Å². The molecule has 0 fully saturated rings. The van der Waals surface area contributed by atoms with Crippen LogP contribution in [0.2, 0.25) is 0 Å². The van der Waals surface area contributed by atoms with Crippen molar-refractivity contribution in [3.8, 4) is 0 Å². The zero-order valence-electron chi connectivity index (χ0n) is 31.5. The number of esters is 1. The largest absolute Gasteiger partial charge is 0.465 e. The van der Waals surface area contributed by atoms with Gasteiger partial charge in [0.2, 0.25) is 5.78 Å². The van der Waals surface area contributed by atoms with Gasteiger partial charge in [-0.15, -0.1) is 0 Å². The molecule has 0 heterocycles. The molecule has 0 rings (SSSR count). The van der Waals surface area contributed by atoms with Crippen molar-refractivity contribution < 1.29 is 19.1 Å². The SMILES string of the molecule is CCCCCCCCCCCCCCCCC(=O)C(=O)C(CCCCCCCCCCCCCCCC)C(=O)OCCCCCC. The third-order valence-electron chi connectivity index (χ3n) is 9.72. The van der Waals surface area contributed by atoms with Crippen molar-refractivity contribution in [3.05, 3.63) is 0 Å². The summed E-state index contributed by atoms with van der Waals surface area (Å²) in [5.74, 6) is -2.23. The third-order valence-corrected chi connectivity index (χ3v) is 9.72. The molecule has 0 aliphatic rings. The highest BCUT2D eigenvalue weighted by atomic mass is 16.5. The van der Waals surface area contributed by atoms with Crippen LogP contribution in [0.1, 0.15) is 239 Å². The van der Waals surface area contributed by atoms with E-state index in [2.05, 4.69) is 20.8 Å². The second-order valence-corrected chi connectivity index (χ2v) is 14.3.